The highest BCUT2D eigenvalue weighted by Gasteiger charge is 2.34. The van der Waals surface area contributed by atoms with E-state index in [0.717, 1.165) is 35.5 Å². The van der Waals surface area contributed by atoms with E-state index >= 15 is 0 Å². The summed E-state index contributed by atoms with van der Waals surface area (Å²) in [5.41, 5.74) is 7.90. The number of hydrogen-bond acceptors (Lipinski definition) is 3. The molecule has 0 radical (unpaired) electrons. The standard InChI is InChI=1S/C26H26N4O.CH4/c1-17-5-6-19(16-27-17)18-9-13-30(25(31)14-18)20-7-8-21-24(15-20)28(2)22-10-12-29-11-3-4-23(29)26(21)22;/h5-9,13-16,23H,3-4,10-12H2,1-2H3;1H4. The van der Waals surface area contributed by atoms with Crippen LogP contribution in [0.5, 0.6) is 0 Å². The van der Waals surface area contributed by atoms with Crippen molar-refractivity contribution >= 4 is 10.9 Å². The van der Waals surface area contributed by atoms with Gasteiger partial charge in [-0.15, -0.1) is 0 Å². The molecule has 32 heavy (non-hydrogen) atoms. The molecule has 5 heterocycles. The lowest BCUT2D eigenvalue weighted by molar-refractivity contribution is 0.242. The van der Waals surface area contributed by atoms with Crippen LogP contribution in [0.4, 0.5) is 0 Å². The first-order valence-electron chi connectivity index (χ1n) is 11.1. The zero-order valence-electron chi connectivity index (χ0n) is 18.0. The maximum absolute atomic E-state index is 13.0. The van der Waals surface area contributed by atoms with E-state index in [1.54, 1.807) is 10.6 Å². The molecule has 1 aromatic carbocycles. The number of aromatic nitrogens is 3. The van der Waals surface area contributed by atoms with Crippen LogP contribution in [-0.2, 0) is 13.5 Å². The summed E-state index contributed by atoms with van der Waals surface area (Å²) in [6.45, 7) is 4.34. The van der Waals surface area contributed by atoms with Crippen molar-refractivity contribution in [2.24, 2.45) is 7.05 Å². The molecule has 1 saturated heterocycles. The summed E-state index contributed by atoms with van der Waals surface area (Å²) in [4.78, 5) is 20.0. The maximum atomic E-state index is 13.0. The summed E-state index contributed by atoms with van der Waals surface area (Å²) >= 11 is 0. The van der Waals surface area contributed by atoms with Crippen LogP contribution in [0.2, 0.25) is 0 Å². The molecule has 2 aliphatic heterocycles. The Hall–Kier alpha value is -3.18. The van der Waals surface area contributed by atoms with Crippen LogP contribution < -0.4 is 5.56 Å². The van der Waals surface area contributed by atoms with Crippen molar-refractivity contribution in [1.82, 2.24) is 19.0 Å². The summed E-state index contributed by atoms with van der Waals surface area (Å²) < 4.78 is 4.08. The molecular weight excluding hydrogens is 396 g/mol. The van der Waals surface area contributed by atoms with Gasteiger partial charge in [-0.1, -0.05) is 19.6 Å². The number of pyridine rings is 2. The number of rotatable bonds is 2. The highest BCUT2D eigenvalue weighted by atomic mass is 16.1. The fourth-order valence-electron chi connectivity index (χ4n) is 5.51. The molecule has 3 aromatic heterocycles. The average Bonchev–Trinajstić information content (AvgIpc) is 3.37. The first-order chi connectivity index (χ1) is 15.1. The topological polar surface area (TPSA) is 43.1 Å². The second-order valence-corrected chi connectivity index (χ2v) is 8.88. The third-order valence-corrected chi connectivity index (χ3v) is 7.12. The Bertz CT molecular complexity index is 1360. The van der Waals surface area contributed by atoms with Gasteiger partial charge in [-0.3, -0.25) is 19.2 Å². The molecule has 164 valence electrons. The molecule has 0 bridgehead atoms. The predicted octanol–water partition coefficient (Wildman–Crippen LogP) is 5.03. The Labute approximate surface area is 188 Å². The van der Waals surface area contributed by atoms with E-state index in [1.165, 1.54) is 41.5 Å². The van der Waals surface area contributed by atoms with Gasteiger partial charge >= 0.3 is 0 Å². The van der Waals surface area contributed by atoms with Gasteiger partial charge in [-0.25, -0.2) is 0 Å². The minimum Gasteiger partial charge on any atom is -0.347 e. The molecule has 0 aliphatic carbocycles. The van der Waals surface area contributed by atoms with E-state index in [2.05, 4.69) is 39.7 Å². The van der Waals surface area contributed by atoms with Crippen LogP contribution in [0.15, 0.2) is 59.7 Å². The van der Waals surface area contributed by atoms with Crippen LogP contribution in [0.25, 0.3) is 27.7 Å². The first kappa shape index (κ1) is 20.7. The Morgan fingerprint density at radius 2 is 1.91 bits per heavy atom. The van der Waals surface area contributed by atoms with Crippen molar-refractivity contribution in [2.45, 2.75) is 39.7 Å². The van der Waals surface area contributed by atoms with Gasteiger partial charge in [-0.05, 0) is 61.7 Å². The van der Waals surface area contributed by atoms with Crippen molar-refractivity contribution < 1.29 is 0 Å². The first-order valence-corrected chi connectivity index (χ1v) is 11.1. The van der Waals surface area contributed by atoms with E-state index in [0.29, 0.717) is 6.04 Å². The third kappa shape index (κ3) is 3.11. The molecule has 1 fully saturated rings. The Morgan fingerprint density at radius 3 is 2.69 bits per heavy atom. The molecule has 2 aliphatic rings. The lowest BCUT2D eigenvalue weighted by Crippen LogP contribution is -2.31. The summed E-state index contributed by atoms with van der Waals surface area (Å²) in [7, 11) is 2.17. The Morgan fingerprint density at radius 1 is 1.03 bits per heavy atom. The average molecular weight is 427 g/mol. The normalized spacial score (nSPS) is 17.8. The molecule has 1 unspecified atom stereocenters. The van der Waals surface area contributed by atoms with E-state index in [4.69, 9.17) is 0 Å². The molecule has 1 atom stereocenters. The molecule has 5 nitrogen and oxygen atoms in total. The number of aryl methyl sites for hydroxylation is 2. The van der Waals surface area contributed by atoms with Crippen LogP contribution in [0, 0.1) is 6.92 Å². The number of benzene rings is 1. The van der Waals surface area contributed by atoms with Crippen molar-refractivity contribution in [1.29, 1.82) is 0 Å². The molecule has 5 heteroatoms. The molecule has 0 spiro atoms. The highest BCUT2D eigenvalue weighted by Crippen LogP contribution is 2.42. The monoisotopic (exact) mass is 426 g/mol. The van der Waals surface area contributed by atoms with Crippen LogP contribution in [-0.4, -0.2) is 32.1 Å². The molecule has 0 N–H and O–H groups in total. The summed E-state index contributed by atoms with van der Waals surface area (Å²) in [6, 6.07) is 14.7. The zero-order chi connectivity index (χ0) is 21.1. The minimum atomic E-state index is -0.0293. The van der Waals surface area contributed by atoms with Gasteiger partial charge in [0.2, 0.25) is 0 Å². The largest absolute Gasteiger partial charge is 0.347 e. The molecular formula is C27H30N4O. The summed E-state index contributed by atoms with van der Waals surface area (Å²) in [6.07, 6.45) is 7.34. The van der Waals surface area contributed by atoms with E-state index in [-0.39, 0.29) is 13.0 Å². The second kappa shape index (κ2) is 7.75. The smallest absolute Gasteiger partial charge is 0.255 e. The quantitative estimate of drug-likeness (QED) is 0.452. The van der Waals surface area contributed by atoms with Gasteiger partial charge in [0.1, 0.15) is 0 Å². The van der Waals surface area contributed by atoms with Gasteiger partial charge in [0.15, 0.2) is 0 Å². The van der Waals surface area contributed by atoms with Crippen molar-refractivity contribution in [2.75, 3.05) is 13.1 Å². The van der Waals surface area contributed by atoms with Crippen LogP contribution in [0.1, 0.15) is 43.3 Å². The lowest BCUT2D eigenvalue weighted by Gasteiger charge is -2.30. The SMILES string of the molecule is C.Cc1ccc(-c2ccn(-c3ccc4c5c(n(C)c4c3)CCN3CCCC53)c(=O)c2)cn1. The molecule has 4 aromatic rings. The van der Waals surface area contributed by atoms with Crippen molar-refractivity contribution in [3.8, 4) is 16.8 Å². The molecule has 0 saturated carbocycles. The van der Waals surface area contributed by atoms with Gasteiger partial charge in [0.25, 0.3) is 5.56 Å². The summed E-state index contributed by atoms with van der Waals surface area (Å²) in [5, 5.41) is 1.34. The molecule has 0 amide bonds. The van der Waals surface area contributed by atoms with E-state index in [9.17, 15) is 4.79 Å². The van der Waals surface area contributed by atoms with Gasteiger partial charge in [-0.2, -0.15) is 0 Å². The number of nitrogens with zero attached hydrogens (tertiary/aromatic N) is 4. The van der Waals surface area contributed by atoms with Crippen LogP contribution in [0.3, 0.4) is 0 Å². The lowest BCUT2D eigenvalue weighted by atomic mass is 9.96. The molecule has 6 rings (SSSR count). The van der Waals surface area contributed by atoms with Gasteiger partial charge in [0, 0.05) is 66.9 Å². The highest BCUT2D eigenvalue weighted by molar-refractivity contribution is 5.88. The third-order valence-electron chi connectivity index (χ3n) is 7.12. The predicted molar refractivity (Wildman–Crippen MR) is 130 cm³/mol. The number of hydrogen-bond donors (Lipinski definition) is 0. The maximum Gasteiger partial charge on any atom is 0.255 e. The van der Waals surface area contributed by atoms with Crippen molar-refractivity contribution in [3.05, 3.63) is 82.2 Å². The Balaban J connectivity index is 0.00000216. The van der Waals surface area contributed by atoms with Gasteiger partial charge in [0.05, 0.1) is 11.2 Å². The van der Waals surface area contributed by atoms with Crippen molar-refractivity contribution in [3.63, 3.8) is 0 Å². The Kier molecular flexibility index (Phi) is 5.01. The van der Waals surface area contributed by atoms with Gasteiger partial charge < -0.3 is 4.57 Å². The fraction of sp³-hybridized carbons (Fsp3) is 0.333. The zero-order valence-corrected chi connectivity index (χ0v) is 18.0. The second-order valence-electron chi connectivity index (χ2n) is 8.88. The van der Waals surface area contributed by atoms with E-state index < -0.39 is 0 Å². The number of fused-ring (bicyclic) bond motifs is 5. The minimum absolute atomic E-state index is 0. The van der Waals surface area contributed by atoms with Crippen LogP contribution >= 0.6 is 0 Å². The van der Waals surface area contributed by atoms with E-state index in [1.807, 2.05) is 37.5 Å². The summed E-state index contributed by atoms with van der Waals surface area (Å²) in [5.74, 6) is 0. The fourth-order valence-corrected chi connectivity index (χ4v) is 5.51.